The topological polar surface area (TPSA) is 74.4 Å². The molecule has 0 aliphatic carbocycles. The van der Waals surface area contributed by atoms with Crippen LogP contribution >= 0.6 is 0 Å². The van der Waals surface area contributed by atoms with Gasteiger partial charge in [0, 0.05) is 47.8 Å². The summed E-state index contributed by atoms with van der Waals surface area (Å²) in [5.74, 6) is 0.684. The fraction of sp³-hybridized carbons (Fsp3) is 0.650. The standard InChI is InChI=1S/C40H68N2O3Si2/c1-37(2,3)31-23-29(35(43)33(25-31)39(7,8)9)27-41-19-17-21-46(13,14)45-47(15,16)22-18-20-42-28-30-24-32(38(4,5)6)26-34(36(30)44)40(10,11)12/h23-28,43-44H,17-22H2,1-16H3. The summed E-state index contributed by atoms with van der Waals surface area (Å²) in [4.78, 5) is 9.49. The van der Waals surface area contributed by atoms with Gasteiger partial charge in [-0.2, -0.15) is 0 Å². The van der Waals surface area contributed by atoms with Gasteiger partial charge in [-0.15, -0.1) is 0 Å². The van der Waals surface area contributed by atoms with Crippen molar-refractivity contribution in [1.82, 2.24) is 0 Å². The highest BCUT2D eigenvalue weighted by Gasteiger charge is 2.32. The Balaban J connectivity index is 1.97. The highest BCUT2D eigenvalue weighted by atomic mass is 28.4. The average molecular weight is 681 g/mol. The van der Waals surface area contributed by atoms with Crippen molar-refractivity contribution in [3.05, 3.63) is 57.6 Å². The van der Waals surface area contributed by atoms with E-state index in [-0.39, 0.29) is 21.7 Å². The lowest BCUT2D eigenvalue weighted by Crippen LogP contribution is -2.44. The van der Waals surface area contributed by atoms with E-state index >= 15 is 0 Å². The molecule has 2 N–H and O–H groups in total. The summed E-state index contributed by atoms with van der Waals surface area (Å²) in [5, 5.41) is 22.1. The molecule has 5 nitrogen and oxygen atoms in total. The number of benzene rings is 2. The molecule has 2 aromatic carbocycles. The molecule has 0 aromatic heterocycles. The lowest BCUT2D eigenvalue weighted by atomic mass is 9.79. The first-order valence-electron chi connectivity index (χ1n) is 17.6. The number of nitrogens with zero attached hydrogens (tertiary/aromatic N) is 2. The van der Waals surface area contributed by atoms with Crippen molar-refractivity contribution >= 4 is 29.1 Å². The van der Waals surface area contributed by atoms with E-state index in [4.69, 9.17) is 14.1 Å². The van der Waals surface area contributed by atoms with Crippen molar-refractivity contribution in [1.29, 1.82) is 0 Å². The number of hydrogen-bond donors (Lipinski definition) is 2. The molecule has 0 radical (unpaired) electrons. The van der Waals surface area contributed by atoms with Gasteiger partial charge in [0.1, 0.15) is 11.5 Å². The Morgan fingerprint density at radius 3 is 1.15 bits per heavy atom. The zero-order valence-corrected chi connectivity index (χ0v) is 34.9. The van der Waals surface area contributed by atoms with Crippen LogP contribution < -0.4 is 0 Å². The zero-order valence-electron chi connectivity index (χ0n) is 32.9. The van der Waals surface area contributed by atoms with E-state index in [9.17, 15) is 10.2 Å². The minimum Gasteiger partial charge on any atom is -0.507 e. The van der Waals surface area contributed by atoms with E-state index in [1.54, 1.807) is 0 Å². The molecular weight excluding hydrogens is 613 g/mol. The normalized spacial score (nSPS) is 14.1. The summed E-state index contributed by atoms with van der Waals surface area (Å²) in [6.45, 7) is 36.8. The SMILES string of the molecule is CC(C)(C)c1cc(C=NCCC[Si](C)(C)O[Si](C)(C)CCCN=Cc2cc(C(C)(C)C)cc(C(C)(C)C)c2O)c(O)c(C(C)(C)C)c1. The predicted octanol–water partition coefficient (Wildman–Crippen LogP) is 11.0. The van der Waals surface area contributed by atoms with Crippen LogP contribution in [0.4, 0.5) is 0 Å². The van der Waals surface area contributed by atoms with Gasteiger partial charge in [0.15, 0.2) is 16.6 Å². The van der Waals surface area contributed by atoms with Crippen molar-refractivity contribution in [2.75, 3.05) is 13.1 Å². The second-order valence-corrected chi connectivity index (χ2v) is 27.7. The Bertz CT molecular complexity index is 1310. The van der Waals surface area contributed by atoms with E-state index in [0.717, 1.165) is 60.3 Å². The minimum atomic E-state index is -1.86. The highest BCUT2D eigenvalue weighted by Crippen LogP contribution is 2.38. The summed E-state index contributed by atoms with van der Waals surface area (Å²) in [7, 11) is -3.71. The number of aromatic hydroxyl groups is 2. The van der Waals surface area contributed by atoms with Crippen molar-refractivity contribution in [3.8, 4) is 11.5 Å². The van der Waals surface area contributed by atoms with Gasteiger partial charge < -0.3 is 14.3 Å². The number of phenolic OH excluding ortho intramolecular Hbond substituents is 2. The monoisotopic (exact) mass is 680 g/mol. The van der Waals surface area contributed by atoms with Gasteiger partial charge in [-0.3, -0.25) is 9.98 Å². The first-order valence-corrected chi connectivity index (χ1v) is 23.8. The van der Waals surface area contributed by atoms with Crippen LogP contribution in [0, 0.1) is 0 Å². The molecule has 0 unspecified atom stereocenters. The molecule has 2 aromatic rings. The number of hydrogen-bond acceptors (Lipinski definition) is 5. The van der Waals surface area contributed by atoms with Crippen molar-refractivity contribution < 1.29 is 14.3 Å². The summed E-state index contributed by atoms with van der Waals surface area (Å²) < 4.78 is 6.90. The Morgan fingerprint density at radius 1 is 0.553 bits per heavy atom. The first kappa shape index (κ1) is 40.9. The molecule has 0 saturated heterocycles. The van der Waals surface area contributed by atoms with Gasteiger partial charge in [0.05, 0.1) is 0 Å². The first-order chi connectivity index (χ1) is 21.1. The van der Waals surface area contributed by atoms with Gasteiger partial charge in [-0.05, 0) is 96.0 Å². The third-order valence-electron chi connectivity index (χ3n) is 8.77. The molecule has 264 valence electrons. The molecule has 0 heterocycles. The number of aliphatic imine (C=N–C) groups is 2. The molecule has 0 fully saturated rings. The van der Waals surface area contributed by atoms with Gasteiger partial charge in [-0.25, -0.2) is 0 Å². The van der Waals surface area contributed by atoms with Crippen LogP contribution in [0.25, 0.3) is 0 Å². The summed E-state index contributed by atoms with van der Waals surface area (Å²) in [6.07, 6.45) is 5.67. The maximum atomic E-state index is 11.1. The van der Waals surface area contributed by atoms with Gasteiger partial charge in [0.25, 0.3) is 0 Å². The fourth-order valence-corrected chi connectivity index (χ4v) is 14.7. The Kier molecular flexibility index (Phi) is 13.2. The van der Waals surface area contributed by atoms with Crippen LogP contribution in [0.15, 0.2) is 34.3 Å². The Labute approximate surface area is 290 Å². The molecule has 0 aliphatic heterocycles. The van der Waals surface area contributed by atoms with Crippen LogP contribution in [0.2, 0.25) is 38.3 Å². The third-order valence-corrected chi connectivity index (χ3v) is 16.3. The van der Waals surface area contributed by atoms with E-state index in [0.29, 0.717) is 11.5 Å². The predicted molar refractivity (Wildman–Crippen MR) is 211 cm³/mol. The third kappa shape index (κ3) is 12.6. The second kappa shape index (κ2) is 15.1. The molecule has 7 heteroatoms. The lowest BCUT2D eigenvalue weighted by Gasteiger charge is -2.34. The molecule has 0 saturated carbocycles. The Morgan fingerprint density at radius 2 is 0.872 bits per heavy atom. The molecule has 0 amide bonds. The summed E-state index contributed by atoms with van der Waals surface area (Å²) >= 11 is 0. The summed E-state index contributed by atoms with van der Waals surface area (Å²) in [5.41, 5.74) is 5.64. The molecule has 0 aliphatic rings. The van der Waals surface area contributed by atoms with Crippen molar-refractivity contribution in [3.63, 3.8) is 0 Å². The van der Waals surface area contributed by atoms with E-state index in [1.165, 1.54) is 11.1 Å². The van der Waals surface area contributed by atoms with Crippen molar-refractivity contribution in [2.24, 2.45) is 9.98 Å². The average Bonchev–Trinajstić information content (AvgIpc) is 2.86. The van der Waals surface area contributed by atoms with E-state index < -0.39 is 16.6 Å². The largest absolute Gasteiger partial charge is 0.507 e. The maximum absolute atomic E-state index is 11.1. The van der Waals surface area contributed by atoms with E-state index in [2.05, 4.69) is 134 Å². The van der Waals surface area contributed by atoms with Crippen LogP contribution in [-0.4, -0.2) is 52.4 Å². The minimum absolute atomic E-state index is 0.0105. The van der Waals surface area contributed by atoms with Gasteiger partial charge >= 0.3 is 0 Å². The zero-order chi connectivity index (χ0) is 36.2. The van der Waals surface area contributed by atoms with Crippen LogP contribution in [0.3, 0.4) is 0 Å². The molecular formula is C40H68N2O3Si2. The van der Waals surface area contributed by atoms with Crippen molar-refractivity contribution in [2.45, 2.75) is 156 Å². The van der Waals surface area contributed by atoms with E-state index in [1.807, 2.05) is 12.4 Å². The highest BCUT2D eigenvalue weighted by molar-refractivity contribution is 6.84. The second-order valence-electron chi connectivity index (χ2n) is 18.8. The van der Waals surface area contributed by atoms with Crippen LogP contribution in [-0.2, 0) is 25.8 Å². The smallest absolute Gasteiger partial charge is 0.173 e. The number of phenols is 2. The molecule has 0 bridgehead atoms. The Hall–Kier alpha value is -2.23. The van der Waals surface area contributed by atoms with Crippen LogP contribution in [0.1, 0.15) is 129 Å². The summed E-state index contributed by atoms with van der Waals surface area (Å²) in [6, 6.07) is 10.6. The molecule has 47 heavy (non-hydrogen) atoms. The van der Waals surface area contributed by atoms with Gasteiger partial charge in [-0.1, -0.05) is 95.2 Å². The lowest BCUT2D eigenvalue weighted by molar-refractivity contribution is 0.443. The molecule has 2 rings (SSSR count). The number of rotatable bonds is 12. The molecule has 0 spiro atoms. The van der Waals surface area contributed by atoms with Gasteiger partial charge in [0.2, 0.25) is 0 Å². The maximum Gasteiger partial charge on any atom is 0.173 e. The van der Waals surface area contributed by atoms with Crippen LogP contribution in [0.5, 0.6) is 11.5 Å². The fourth-order valence-electron chi connectivity index (χ4n) is 5.89. The molecule has 0 atom stereocenters. The quantitative estimate of drug-likeness (QED) is 0.133.